The molecule has 0 bridgehead atoms. The van der Waals surface area contributed by atoms with Crippen molar-refractivity contribution in [1.29, 1.82) is 5.26 Å². The molecule has 102 valence electrons. The smallest absolute Gasteiger partial charge is 0.263 e. The van der Waals surface area contributed by atoms with Crippen molar-refractivity contribution >= 4 is 31.8 Å². The number of nitriles is 1. The summed E-state index contributed by atoms with van der Waals surface area (Å²) in [7, 11) is -4.07. The molecule has 2 aromatic rings. The Kier molecular flexibility index (Phi) is 4.01. The fourth-order valence-corrected chi connectivity index (χ4v) is 2.81. The van der Waals surface area contributed by atoms with Crippen molar-refractivity contribution in [3.05, 3.63) is 52.4 Å². The number of hydrogen-bond acceptors (Lipinski definition) is 4. The maximum absolute atomic E-state index is 13.7. The number of sulfonamides is 1. The standard InChI is InChI=1S/C12H7BrFN3O2S/c13-9-2-3-11(10(14)5-9)20(18,19)17-12-4-1-8(6-15)7-16-12/h1-5,7H,(H,16,17). The molecule has 0 radical (unpaired) electrons. The third-order valence-electron chi connectivity index (χ3n) is 2.31. The minimum atomic E-state index is -4.07. The van der Waals surface area contributed by atoms with E-state index < -0.39 is 20.7 Å². The van der Waals surface area contributed by atoms with Gasteiger partial charge in [-0.2, -0.15) is 5.26 Å². The van der Waals surface area contributed by atoms with Gasteiger partial charge in [0, 0.05) is 10.7 Å². The van der Waals surface area contributed by atoms with Crippen LogP contribution >= 0.6 is 15.9 Å². The summed E-state index contributed by atoms with van der Waals surface area (Å²) in [6.07, 6.45) is 1.22. The largest absolute Gasteiger partial charge is 0.265 e. The molecule has 20 heavy (non-hydrogen) atoms. The molecule has 1 aromatic carbocycles. The van der Waals surface area contributed by atoms with Gasteiger partial charge in [-0.15, -0.1) is 0 Å². The summed E-state index contributed by atoms with van der Waals surface area (Å²) in [5.41, 5.74) is 0.294. The highest BCUT2D eigenvalue weighted by Crippen LogP contribution is 2.21. The zero-order valence-corrected chi connectivity index (χ0v) is 12.2. The van der Waals surface area contributed by atoms with Gasteiger partial charge in [0.05, 0.1) is 5.56 Å². The second kappa shape index (κ2) is 5.56. The van der Waals surface area contributed by atoms with Gasteiger partial charge in [-0.05, 0) is 30.3 Å². The molecule has 8 heteroatoms. The Balaban J connectivity index is 2.33. The number of nitrogens with zero attached hydrogens (tertiary/aromatic N) is 2. The summed E-state index contributed by atoms with van der Waals surface area (Å²) in [4.78, 5) is 3.28. The molecule has 0 saturated carbocycles. The molecular formula is C12H7BrFN3O2S. The minimum absolute atomic E-state index is 0.00585. The third kappa shape index (κ3) is 3.12. The van der Waals surface area contributed by atoms with Gasteiger partial charge in [0.15, 0.2) is 0 Å². The number of anilines is 1. The number of halogens is 2. The molecule has 0 unspecified atom stereocenters. The van der Waals surface area contributed by atoms with E-state index in [0.717, 1.165) is 12.1 Å². The van der Waals surface area contributed by atoms with Crippen molar-refractivity contribution in [2.24, 2.45) is 0 Å². The van der Waals surface area contributed by atoms with Crippen molar-refractivity contribution in [1.82, 2.24) is 4.98 Å². The van der Waals surface area contributed by atoms with E-state index >= 15 is 0 Å². The van der Waals surface area contributed by atoms with Crippen molar-refractivity contribution in [2.45, 2.75) is 4.90 Å². The molecule has 0 fully saturated rings. The highest BCUT2D eigenvalue weighted by Gasteiger charge is 2.19. The lowest BCUT2D eigenvalue weighted by Crippen LogP contribution is -2.15. The van der Waals surface area contributed by atoms with Crippen molar-refractivity contribution in [3.8, 4) is 6.07 Å². The lowest BCUT2D eigenvalue weighted by Gasteiger charge is -2.08. The highest BCUT2D eigenvalue weighted by molar-refractivity contribution is 9.10. The highest BCUT2D eigenvalue weighted by atomic mass is 79.9. The van der Waals surface area contributed by atoms with Crippen LogP contribution in [0.3, 0.4) is 0 Å². The normalized spacial score (nSPS) is 10.8. The summed E-state index contributed by atoms with van der Waals surface area (Å²) in [5, 5.41) is 8.62. The average molecular weight is 356 g/mol. The van der Waals surface area contributed by atoms with Gasteiger partial charge >= 0.3 is 0 Å². The third-order valence-corrected chi connectivity index (χ3v) is 4.20. The number of nitrogens with one attached hydrogen (secondary N) is 1. The van der Waals surface area contributed by atoms with Crippen molar-refractivity contribution < 1.29 is 12.8 Å². The number of benzene rings is 1. The first kappa shape index (κ1) is 14.4. The fourth-order valence-electron chi connectivity index (χ4n) is 1.41. The molecule has 0 spiro atoms. The molecule has 1 N–H and O–H groups in total. The van der Waals surface area contributed by atoms with Gasteiger partial charge < -0.3 is 0 Å². The molecule has 0 amide bonds. The van der Waals surface area contributed by atoms with Crippen LogP contribution in [0.5, 0.6) is 0 Å². The summed E-state index contributed by atoms with van der Waals surface area (Å²) < 4.78 is 40.3. The van der Waals surface area contributed by atoms with E-state index in [4.69, 9.17) is 5.26 Å². The van der Waals surface area contributed by atoms with Crippen molar-refractivity contribution in [2.75, 3.05) is 4.72 Å². The van der Waals surface area contributed by atoms with Crippen LogP contribution in [0.1, 0.15) is 5.56 Å². The molecule has 0 atom stereocenters. The second-order valence-electron chi connectivity index (χ2n) is 3.72. The Morgan fingerprint density at radius 3 is 2.60 bits per heavy atom. The predicted octanol–water partition coefficient (Wildman–Crippen LogP) is 2.66. The Hall–Kier alpha value is -1.98. The fraction of sp³-hybridized carbons (Fsp3) is 0. The molecule has 5 nitrogen and oxygen atoms in total. The lowest BCUT2D eigenvalue weighted by atomic mass is 10.3. The second-order valence-corrected chi connectivity index (χ2v) is 6.29. The van der Waals surface area contributed by atoms with Crippen LogP contribution in [0.25, 0.3) is 0 Å². The zero-order chi connectivity index (χ0) is 14.8. The van der Waals surface area contributed by atoms with Crippen LogP contribution in [-0.4, -0.2) is 13.4 Å². The van der Waals surface area contributed by atoms with E-state index in [9.17, 15) is 12.8 Å². The van der Waals surface area contributed by atoms with Crippen LogP contribution in [0.4, 0.5) is 10.2 Å². The van der Waals surface area contributed by atoms with Crippen LogP contribution in [-0.2, 0) is 10.0 Å². The Labute approximate surface area is 123 Å². The summed E-state index contributed by atoms with van der Waals surface area (Å²) in [6.45, 7) is 0. The molecule has 1 heterocycles. The van der Waals surface area contributed by atoms with Gasteiger partial charge in [-0.1, -0.05) is 15.9 Å². The number of rotatable bonds is 3. The van der Waals surface area contributed by atoms with Gasteiger partial charge in [-0.25, -0.2) is 17.8 Å². The summed E-state index contributed by atoms with van der Waals surface area (Å²) in [5.74, 6) is -0.869. The quantitative estimate of drug-likeness (QED) is 0.917. The average Bonchev–Trinajstić information content (AvgIpc) is 2.38. The van der Waals surface area contributed by atoms with E-state index in [2.05, 4.69) is 25.6 Å². The van der Waals surface area contributed by atoms with E-state index in [1.165, 1.54) is 24.4 Å². The summed E-state index contributed by atoms with van der Waals surface area (Å²) >= 11 is 3.05. The topological polar surface area (TPSA) is 82.9 Å². The first-order chi connectivity index (χ1) is 9.42. The number of pyridine rings is 1. The molecule has 0 saturated heterocycles. The first-order valence-electron chi connectivity index (χ1n) is 5.26. The number of hydrogen-bond donors (Lipinski definition) is 1. The van der Waals surface area contributed by atoms with Gasteiger partial charge in [0.25, 0.3) is 10.0 Å². The minimum Gasteiger partial charge on any atom is -0.263 e. The van der Waals surface area contributed by atoms with Gasteiger partial charge in [0.1, 0.15) is 22.6 Å². The SMILES string of the molecule is N#Cc1ccc(NS(=O)(=O)c2ccc(Br)cc2F)nc1. The monoisotopic (exact) mass is 355 g/mol. The van der Waals surface area contributed by atoms with Crippen molar-refractivity contribution in [3.63, 3.8) is 0 Å². The predicted molar refractivity (Wildman–Crippen MR) is 73.9 cm³/mol. The van der Waals surface area contributed by atoms with E-state index in [1.54, 1.807) is 0 Å². The van der Waals surface area contributed by atoms with E-state index in [0.29, 0.717) is 10.0 Å². The van der Waals surface area contributed by atoms with Gasteiger partial charge in [0.2, 0.25) is 0 Å². The van der Waals surface area contributed by atoms with E-state index in [1.807, 2.05) is 6.07 Å². The summed E-state index contributed by atoms with van der Waals surface area (Å²) in [6, 6.07) is 8.21. The Morgan fingerprint density at radius 1 is 1.30 bits per heavy atom. The zero-order valence-electron chi connectivity index (χ0n) is 9.84. The molecule has 2 rings (SSSR count). The van der Waals surface area contributed by atoms with Crippen LogP contribution in [0, 0.1) is 17.1 Å². The number of aromatic nitrogens is 1. The maximum atomic E-state index is 13.7. The molecular weight excluding hydrogens is 349 g/mol. The molecule has 0 aliphatic carbocycles. The van der Waals surface area contributed by atoms with Crippen LogP contribution < -0.4 is 4.72 Å². The van der Waals surface area contributed by atoms with E-state index in [-0.39, 0.29) is 5.82 Å². The van der Waals surface area contributed by atoms with Crippen LogP contribution in [0.15, 0.2) is 45.9 Å². The van der Waals surface area contributed by atoms with Crippen LogP contribution in [0.2, 0.25) is 0 Å². The lowest BCUT2D eigenvalue weighted by molar-refractivity contribution is 0.569. The molecule has 0 aliphatic rings. The maximum Gasteiger partial charge on any atom is 0.265 e. The molecule has 1 aromatic heterocycles. The van der Waals surface area contributed by atoms with Gasteiger partial charge in [-0.3, -0.25) is 4.72 Å². The molecule has 0 aliphatic heterocycles. The Morgan fingerprint density at radius 2 is 2.05 bits per heavy atom. The Bertz CT molecular complexity index is 785. The first-order valence-corrected chi connectivity index (χ1v) is 7.54.